The molecule has 0 spiro atoms. The van der Waals surface area contributed by atoms with Crippen LogP contribution in [-0.2, 0) is 6.42 Å². The first-order valence-electron chi connectivity index (χ1n) is 5.59. The summed E-state index contributed by atoms with van der Waals surface area (Å²) in [6.07, 6.45) is 2.68. The topological polar surface area (TPSA) is 18.5 Å². The smallest absolute Gasteiger partial charge is 0.161 e. The first-order valence-corrected chi connectivity index (χ1v) is 6.38. The summed E-state index contributed by atoms with van der Waals surface area (Å²) in [6, 6.07) is 3.93. The van der Waals surface area contributed by atoms with Crippen molar-refractivity contribution in [2.75, 3.05) is 14.2 Å². The van der Waals surface area contributed by atoms with Crippen molar-refractivity contribution in [3.63, 3.8) is 0 Å². The van der Waals surface area contributed by atoms with Gasteiger partial charge in [-0.25, -0.2) is 0 Å². The standard InChI is InChI=1S/C14H17BrO2/c1-4-5-6-7-8-11-9-13(16-2)14(17-3)10-12(11)15/h9-10H,4,7-8H2,1-3H3. The van der Waals surface area contributed by atoms with Crippen LogP contribution in [0.3, 0.4) is 0 Å². The van der Waals surface area contributed by atoms with Crippen LogP contribution < -0.4 is 9.47 Å². The Morgan fingerprint density at radius 2 is 1.76 bits per heavy atom. The summed E-state index contributed by atoms with van der Waals surface area (Å²) in [4.78, 5) is 0. The van der Waals surface area contributed by atoms with Crippen molar-refractivity contribution >= 4 is 15.9 Å². The van der Waals surface area contributed by atoms with Crippen LogP contribution >= 0.6 is 15.9 Å². The Hall–Kier alpha value is -1.14. The van der Waals surface area contributed by atoms with Gasteiger partial charge < -0.3 is 9.47 Å². The lowest BCUT2D eigenvalue weighted by atomic mass is 10.1. The lowest BCUT2D eigenvalue weighted by Gasteiger charge is -2.11. The molecular weight excluding hydrogens is 280 g/mol. The van der Waals surface area contributed by atoms with Crippen LogP contribution in [0.1, 0.15) is 25.3 Å². The summed E-state index contributed by atoms with van der Waals surface area (Å²) in [6.45, 7) is 2.05. The molecule has 1 aromatic carbocycles. The highest BCUT2D eigenvalue weighted by molar-refractivity contribution is 9.10. The molecule has 0 saturated carbocycles. The molecule has 0 bridgehead atoms. The highest BCUT2D eigenvalue weighted by Gasteiger charge is 2.08. The summed E-state index contributed by atoms with van der Waals surface area (Å²) in [5, 5.41) is 0. The maximum atomic E-state index is 5.28. The Morgan fingerprint density at radius 3 is 2.35 bits per heavy atom. The number of hydrogen-bond acceptors (Lipinski definition) is 2. The molecule has 1 rings (SSSR count). The molecule has 3 heteroatoms. The van der Waals surface area contributed by atoms with Crippen LogP contribution in [0.5, 0.6) is 11.5 Å². The number of aryl methyl sites for hydroxylation is 1. The third-order valence-electron chi connectivity index (χ3n) is 2.37. The van der Waals surface area contributed by atoms with Gasteiger partial charge in [-0.05, 0) is 24.1 Å². The van der Waals surface area contributed by atoms with Gasteiger partial charge >= 0.3 is 0 Å². The number of ether oxygens (including phenoxy) is 2. The van der Waals surface area contributed by atoms with Gasteiger partial charge in [-0.3, -0.25) is 0 Å². The molecule has 1 aromatic rings. The normalized spacial score (nSPS) is 9.41. The van der Waals surface area contributed by atoms with Gasteiger partial charge in [0.05, 0.1) is 14.2 Å². The molecule has 92 valence electrons. The average Bonchev–Trinajstić information content (AvgIpc) is 2.35. The number of benzene rings is 1. The maximum absolute atomic E-state index is 5.28. The van der Waals surface area contributed by atoms with Crippen molar-refractivity contribution in [2.45, 2.75) is 26.2 Å². The molecule has 0 heterocycles. The quantitative estimate of drug-likeness (QED) is 0.787. The first-order chi connectivity index (χ1) is 8.22. The third kappa shape index (κ3) is 3.98. The van der Waals surface area contributed by atoms with Gasteiger partial charge in [-0.15, -0.1) is 11.8 Å². The fraction of sp³-hybridized carbons (Fsp3) is 0.429. The Bertz CT molecular complexity index is 430. The molecule has 0 aliphatic rings. The van der Waals surface area contributed by atoms with Crippen molar-refractivity contribution < 1.29 is 9.47 Å². The molecule has 0 saturated heterocycles. The van der Waals surface area contributed by atoms with Gasteiger partial charge in [0.1, 0.15) is 0 Å². The predicted octanol–water partition coefficient (Wildman–Crippen LogP) is 3.81. The fourth-order valence-electron chi connectivity index (χ4n) is 1.50. The van der Waals surface area contributed by atoms with Crippen molar-refractivity contribution in [1.29, 1.82) is 0 Å². The minimum Gasteiger partial charge on any atom is -0.493 e. The lowest BCUT2D eigenvalue weighted by Crippen LogP contribution is -1.94. The van der Waals surface area contributed by atoms with E-state index in [0.717, 1.165) is 35.2 Å². The number of rotatable bonds is 4. The largest absolute Gasteiger partial charge is 0.493 e. The van der Waals surface area contributed by atoms with E-state index < -0.39 is 0 Å². The Kier molecular flexibility index (Phi) is 5.93. The summed E-state index contributed by atoms with van der Waals surface area (Å²) < 4.78 is 11.5. The Labute approximate surface area is 111 Å². The fourth-order valence-corrected chi connectivity index (χ4v) is 2.02. The molecule has 0 radical (unpaired) electrons. The molecule has 0 atom stereocenters. The Balaban J connectivity index is 2.85. The summed E-state index contributed by atoms with van der Waals surface area (Å²) in [7, 11) is 3.28. The van der Waals surface area contributed by atoms with E-state index in [-0.39, 0.29) is 0 Å². The van der Waals surface area contributed by atoms with Gasteiger partial charge in [-0.2, -0.15) is 0 Å². The number of hydrogen-bond donors (Lipinski definition) is 0. The van der Waals surface area contributed by atoms with E-state index in [1.54, 1.807) is 14.2 Å². The van der Waals surface area contributed by atoms with E-state index in [2.05, 4.69) is 34.7 Å². The second-order valence-corrected chi connectivity index (χ2v) is 4.36. The van der Waals surface area contributed by atoms with Crippen LogP contribution in [0.4, 0.5) is 0 Å². The zero-order chi connectivity index (χ0) is 12.7. The van der Waals surface area contributed by atoms with Gasteiger partial charge in [0, 0.05) is 17.3 Å². The van der Waals surface area contributed by atoms with Gasteiger partial charge in [0.25, 0.3) is 0 Å². The van der Waals surface area contributed by atoms with Crippen LogP contribution in [0.25, 0.3) is 0 Å². The molecule has 0 N–H and O–H groups in total. The van der Waals surface area contributed by atoms with E-state index in [1.165, 1.54) is 5.56 Å². The third-order valence-corrected chi connectivity index (χ3v) is 3.11. The minimum absolute atomic E-state index is 0.739. The Morgan fingerprint density at radius 1 is 1.12 bits per heavy atom. The van der Waals surface area contributed by atoms with E-state index in [1.807, 2.05) is 12.1 Å². The van der Waals surface area contributed by atoms with Crippen molar-refractivity contribution in [3.8, 4) is 23.3 Å². The molecule has 0 unspecified atom stereocenters. The van der Waals surface area contributed by atoms with Crippen molar-refractivity contribution in [2.24, 2.45) is 0 Å². The first kappa shape index (κ1) is 13.9. The molecular formula is C14H17BrO2. The number of halogens is 1. The highest BCUT2D eigenvalue weighted by atomic mass is 79.9. The molecule has 0 aromatic heterocycles. The lowest BCUT2D eigenvalue weighted by molar-refractivity contribution is 0.354. The van der Waals surface area contributed by atoms with E-state index in [9.17, 15) is 0 Å². The van der Waals surface area contributed by atoms with Gasteiger partial charge in [0.2, 0.25) is 0 Å². The molecule has 0 aliphatic heterocycles. The molecule has 17 heavy (non-hydrogen) atoms. The second kappa shape index (κ2) is 7.24. The molecule has 0 aliphatic carbocycles. The van der Waals surface area contributed by atoms with Crippen LogP contribution in [0.15, 0.2) is 16.6 Å². The van der Waals surface area contributed by atoms with E-state index >= 15 is 0 Å². The second-order valence-electron chi connectivity index (χ2n) is 3.51. The van der Waals surface area contributed by atoms with Gasteiger partial charge in [-0.1, -0.05) is 22.9 Å². The molecule has 2 nitrogen and oxygen atoms in total. The van der Waals surface area contributed by atoms with Crippen molar-refractivity contribution in [3.05, 3.63) is 22.2 Å². The zero-order valence-electron chi connectivity index (χ0n) is 10.5. The highest BCUT2D eigenvalue weighted by Crippen LogP contribution is 2.33. The van der Waals surface area contributed by atoms with Crippen LogP contribution in [-0.4, -0.2) is 14.2 Å². The average molecular weight is 297 g/mol. The monoisotopic (exact) mass is 296 g/mol. The summed E-state index contributed by atoms with van der Waals surface area (Å²) in [5.41, 5.74) is 1.19. The zero-order valence-corrected chi connectivity index (χ0v) is 12.1. The predicted molar refractivity (Wildman–Crippen MR) is 73.6 cm³/mol. The van der Waals surface area contributed by atoms with Gasteiger partial charge in [0.15, 0.2) is 11.5 Å². The maximum Gasteiger partial charge on any atom is 0.161 e. The summed E-state index contributed by atoms with van der Waals surface area (Å²) in [5.74, 6) is 7.70. The van der Waals surface area contributed by atoms with Crippen molar-refractivity contribution in [1.82, 2.24) is 0 Å². The van der Waals surface area contributed by atoms with Crippen LogP contribution in [0, 0.1) is 11.8 Å². The van der Waals surface area contributed by atoms with E-state index in [4.69, 9.17) is 9.47 Å². The summed E-state index contributed by atoms with van der Waals surface area (Å²) >= 11 is 3.54. The minimum atomic E-state index is 0.739. The molecule has 0 fully saturated rings. The number of methoxy groups -OCH3 is 2. The van der Waals surface area contributed by atoms with Crippen LogP contribution in [0.2, 0.25) is 0 Å². The SMILES string of the molecule is CCC#CCCc1cc(OC)c(OC)cc1Br. The van der Waals surface area contributed by atoms with E-state index in [0.29, 0.717) is 0 Å². The molecule has 0 amide bonds.